The lowest BCUT2D eigenvalue weighted by Crippen LogP contribution is -2.48. The van der Waals surface area contributed by atoms with Crippen LogP contribution in [0.4, 0.5) is 0 Å². The number of nitrogens with two attached hydrogens (primary N) is 1. The second-order valence-corrected chi connectivity index (χ2v) is 10.4. The van der Waals surface area contributed by atoms with Gasteiger partial charge in [0.1, 0.15) is 6.04 Å². The topological polar surface area (TPSA) is 123 Å². The average Bonchev–Trinajstić information content (AvgIpc) is 2.55. The summed E-state index contributed by atoms with van der Waals surface area (Å²) in [5.41, 5.74) is 2.19. The van der Waals surface area contributed by atoms with Gasteiger partial charge in [0.25, 0.3) is 0 Å². The molecular weight excluding hydrogens is 380 g/mol. The lowest BCUT2D eigenvalue weighted by Gasteiger charge is -2.29. The fraction of sp³-hybridized carbons (Fsp3) is 0.842. The summed E-state index contributed by atoms with van der Waals surface area (Å²) < 4.78 is 8.23. The summed E-state index contributed by atoms with van der Waals surface area (Å²) in [5.74, 6) is 4.80. The molecular formula is C19H38N4O4S. The molecule has 0 fully saturated rings. The van der Waals surface area contributed by atoms with Gasteiger partial charge in [-0.1, -0.05) is 13.8 Å². The molecule has 0 bridgehead atoms. The Morgan fingerprint density at radius 2 is 1.68 bits per heavy atom. The number of carbonyl (C=O) groups is 3. The molecule has 0 spiro atoms. The van der Waals surface area contributed by atoms with Gasteiger partial charge in [-0.15, -0.1) is 0 Å². The number of nitrogens with one attached hydrogen (secondary N) is 3. The Morgan fingerprint density at radius 3 is 2.11 bits per heavy atom. The van der Waals surface area contributed by atoms with Gasteiger partial charge in [-0.2, -0.15) is 0 Å². The Labute approximate surface area is 173 Å². The Balaban J connectivity index is 4.53. The molecule has 164 valence electrons. The Morgan fingerprint density at radius 1 is 1.11 bits per heavy atom. The van der Waals surface area contributed by atoms with Crippen LogP contribution < -0.4 is 21.3 Å². The highest BCUT2D eigenvalue weighted by molar-refractivity contribution is 7.99. The Kier molecular flexibility index (Phi) is 11.3. The molecule has 0 radical (unpaired) electrons. The van der Waals surface area contributed by atoms with Crippen molar-refractivity contribution in [2.75, 3.05) is 6.61 Å². The number of amides is 2. The summed E-state index contributed by atoms with van der Waals surface area (Å²) in [5, 5.41) is 2.71. The minimum absolute atomic E-state index is 0.00197. The fourth-order valence-electron chi connectivity index (χ4n) is 2.23. The van der Waals surface area contributed by atoms with Crippen LogP contribution in [0.1, 0.15) is 68.2 Å². The highest BCUT2D eigenvalue weighted by Crippen LogP contribution is 2.24. The number of ether oxygens (including phenoxy) is 1. The van der Waals surface area contributed by atoms with Gasteiger partial charge in [0.05, 0.1) is 23.0 Å². The van der Waals surface area contributed by atoms with Gasteiger partial charge in [-0.25, -0.2) is 5.43 Å². The number of hydrazine groups is 1. The van der Waals surface area contributed by atoms with E-state index in [0.29, 0.717) is 6.61 Å². The largest absolute Gasteiger partial charge is 0.374 e. The highest BCUT2D eigenvalue weighted by atomic mass is 32.2. The number of carbonyl (C=O) groups excluding carboxylic acids is 3. The minimum Gasteiger partial charge on any atom is -0.374 e. The summed E-state index contributed by atoms with van der Waals surface area (Å²) >= 11 is 1.26. The van der Waals surface area contributed by atoms with Crippen molar-refractivity contribution in [3.05, 3.63) is 0 Å². The fourth-order valence-corrected chi connectivity index (χ4v) is 2.87. The van der Waals surface area contributed by atoms with Crippen molar-refractivity contribution in [3.63, 3.8) is 0 Å². The standard InChI is InChI=1S/C19H38N4O4S/c1-12(2)16(13(3)24)21-15(25)10-9-14(22-20)17(26)23-28-19(7,8)11-27-18(4,5)6/h12,14,16,22H,9-11,20H2,1-8H3,(H,21,25)(H,23,26). The molecule has 0 aliphatic rings. The van der Waals surface area contributed by atoms with E-state index >= 15 is 0 Å². The SMILES string of the molecule is CC(=O)C(NC(=O)CCC(NN)C(=O)NSC(C)(C)COC(C)(C)C)C(C)C. The third kappa shape index (κ3) is 11.6. The minimum atomic E-state index is -0.715. The molecule has 28 heavy (non-hydrogen) atoms. The van der Waals surface area contributed by atoms with Crippen molar-refractivity contribution in [2.45, 2.75) is 90.7 Å². The van der Waals surface area contributed by atoms with E-state index in [1.54, 1.807) is 0 Å². The van der Waals surface area contributed by atoms with Gasteiger partial charge < -0.3 is 10.1 Å². The van der Waals surface area contributed by atoms with Crippen LogP contribution >= 0.6 is 11.9 Å². The molecule has 2 unspecified atom stereocenters. The summed E-state index contributed by atoms with van der Waals surface area (Å²) in [4.78, 5) is 36.1. The van der Waals surface area contributed by atoms with E-state index in [1.807, 2.05) is 48.5 Å². The molecule has 0 saturated carbocycles. The molecule has 0 aromatic heterocycles. The second kappa shape index (κ2) is 11.7. The quantitative estimate of drug-likeness (QED) is 0.216. The van der Waals surface area contributed by atoms with Crippen LogP contribution in [-0.2, 0) is 19.1 Å². The van der Waals surface area contributed by atoms with Crippen LogP contribution in [0.3, 0.4) is 0 Å². The van der Waals surface area contributed by atoms with E-state index in [-0.39, 0.29) is 46.7 Å². The average molecular weight is 419 g/mol. The normalized spacial score (nSPS) is 14.5. The molecule has 2 amide bonds. The third-order valence-corrected chi connectivity index (χ3v) is 4.85. The van der Waals surface area contributed by atoms with Gasteiger partial charge >= 0.3 is 0 Å². The Hall–Kier alpha value is -1.16. The van der Waals surface area contributed by atoms with Crippen LogP contribution in [0.5, 0.6) is 0 Å². The maximum atomic E-state index is 12.4. The molecule has 0 aromatic carbocycles. The van der Waals surface area contributed by atoms with Crippen LogP contribution in [0, 0.1) is 5.92 Å². The number of rotatable bonds is 12. The second-order valence-electron chi connectivity index (χ2n) is 8.89. The summed E-state index contributed by atoms with van der Waals surface area (Å²) in [6.07, 6.45) is 0.302. The van der Waals surface area contributed by atoms with Crippen LogP contribution in [-0.4, -0.2) is 46.6 Å². The third-order valence-electron chi connectivity index (χ3n) is 3.88. The van der Waals surface area contributed by atoms with E-state index < -0.39 is 12.1 Å². The van der Waals surface area contributed by atoms with Crippen molar-refractivity contribution < 1.29 is 19.1 Å². The first-order valence-electron chi connectivity index (χ1n) is 9.56. The predicted molar refractivity (Wildman–Crippen MR) is 113 cm³/mol. The van der Waals surface area contributed by atoms with E-state index in [9.17, 15) is 14.4 Å². The van der Waals surface area contributed by atoms with Gasteiger partial charge in [0.2, 0.25) is 11.8 Å². The molecule has 9 heteroatoms. The van der Waals surface area contributed by atoms with Gasteiger partial charge in [0.15, 0.2) is 5.78 Å². The molecule has 0 aliphatic carbocycles. The molecule has 0 aromatic rings. The van der Waals surface area contributed by atoms with E-state index in [2.05, 4.69) is 15.5 Å². The molecule has 0 aliphatic heterocycles. The summed E-state index contributed by atoms with van der Waals surface area (Å²) in [7, 11) is 0. The van der Waals surface area contributed by atoms with Crippen molar-refractivity contribution >= 4 is 29.5 Å². The number of hydrogen-bond acceptors (Lipinski definition) is 7. The maximum Gasteiger partial charge on any atom is 0.248 e. The number of ketones is 1. The molecule has 8 nitrogen and oxygen atoms in total. The highest BCUT2D eigenvalue weighted by Gasteiger charge is 2.27. The Bertz CT molecular complexity index is 533. The van der Waals surface area contributed by atoms with Gasteiger partial charge in [0, 0.05) is 6.42 Å². The molecule has 5 N–H and O–H groups in total. The van der Waals surface area contributed by atoms with Crippen molar-refractivity contribution in [2.24, 2.45) is 11.8 Å². The van der Waals surface area contributed by atoms with Gasteiger partial charge in [-0.3, -0.25) is 24.9 Å². The first-order chi connectivity index (χ1) is 12.7. The molecule has 0 saturated heterocycles. The molecule has 0 heterocycles. The zero-order chi connectivity index (χ0) is 22.1. The maximum absolute atomic E-state index is 12.4. The summed E-state index contributed by atoms with van der Waals surface area (Å²) in [6, 6.07) is -1.24. The van der Waals surface area contributed by atoms with E-state index in [0.717, 1.165) is 0 Å². The van der Waals surface area contributed by atoms with E-state index in [4.69, 9.17) is 10.6 Å². The van der Waals surface area contributed by atoms with E-state index in [1.165, 1.54) is 18.9 Å². The first kappa shape index (κ1) is 26.8. The van der Waals surface area contributed by atoms with Crippen molar-refractivity contribution in [3.8, 4) is 0 Å². The first-order valence-corrected chi connectivity index (χ1v) is 10.4. The molecule has 2 atom stereocenters. The smallest absolute Gasteiger partial charge is 0.248 e. The monoisotopic (exact) mass is 418 g/mol. The zero-order valence-electron chi connectivity index (χ0n) is 18.5. The number of hydrogen-bond donors (Lipinski definition) is 4. The lowest BCUT2D eigenvalue weighted by atomic mass is 10.0. The van der Waals surface area contributed by atoms with Gasteiger partial charge in [-0.05, 0) is 65.8 Å². The molecule has 0 rings (SSSR count). The van der Waals surface area contributed by atoms with Crippen LogP contribution in [0.2, 0.25) is 0 Å². The van der Waals surface area contributed by atoms with Crippen molar-refractivity contribution in [1.29, 1.82) is 0 Å². The zero-order valence-corrected chi connectivity index (χ0v) is 19.3. The van der Waals surface area contributed by atoms with Crippen molar-refractivity contribution in [1.82, 2.24) is 15.5 Å². The number of Topliss-reactive ketones (excluding diaryl/α,β-unsaturated/α-hetero) is 1. The predicted octanol–water partition coefficient (Wildman–Crippen LogP) is 1.69. The van der Waals surface area contributed by atoms with Crippen LogP contribution in [0.25, 0.3) is 0 Å². The summed E-state index contributed by atoms with van der Waals surface area (Å²) in [6.45, 7) is 15.5. The lowest BCUT2D eigenvalue weighted by molar-refractivity contribution is -0.128. The van der Waals surface area contributed by atoms with Crippen LogP contribution in [0.15, 0.2) is 0 Å².